The molecule has 2 aromatic heterocycles. The third-order valence-electron chi connectivity index (χ3n) is 4.74. The number of thiazole rings is 1. The van der Waals surface area contributed by atoms with Crippen LogP contribution in [-0.2, 0) is 11.3 Å². The summed E-state index contributed by atoms with van der Waals surface area (Å²) in [6.07, 6.45) is 6.45. The Labute approximate surface area is 193 Å². The molecule has 33 heavy (non-hydrogen) atoms. The molecule has 0 bridgehead atoms. The molecule has 0 radical (unpaired) electrons. The van der Waals surface area contributed by atoms with Crippen LogP contribution in [0.3, 0.4) is 0 Å². The lowest BCUT2D eigenvalue weighted by molar-refractivity contribution is -0.384. The monoisotopic (exact) mass is 460 g/mol. The van der Waals surface area contributed by atoms with Crippen molar-refractivity contribution in [3.8, 4) is 5.75 Å². The van der Waals surface area contributed by atoms with E-state index in [2.05, 4.69) is 9.97 Å². The quantitative estimate of drug-likeness (QED) is 0.202. The lowest BCUT2D eigenvalue weighted by Crippen LogP contribution is -2.28. The Morgan fingerprint density at radius 3 is 2.73 bits per heavy atom. The number of nitro benzene ring substituents is 1. The van der Waals surface area contributed by atoms with Crippen molar-refractivity contribution in [1.82, 2.24) is 9.97 Å². The van der Waals surface area contributed by atoms with E-state index in [1.807, 2.05) is 37.3 Å². The van der Waals surface area contributed by atoms with Crippen molar-refractivity contribution in [1.29, 1.82) is 0 Å². The van der Waals surface area contributed by atoms with Gasteiger partial charge in [-0.15, -0.1) is 0 Å². The number of non-ortho nitro benzene ring substituents is 1. The highest BCUT2D eigenvalue weighted by Gasteiger charge is 2.19. The average Bonchev–Trinajstić information content (AvgIpc) is 3.25. The highest BCUT2D eigenvalue weighted by molar-refractivity contribution is 7.22. The summed E-state index contributed by atoms with van der Waals surface area (Å²) in [6, 6.07) is 15.4. The Hall–Kier alpha value is -4.11. The highest BCUT2D eigenvalue weighted by Crippen LogP contribution is 2.32. The standard InChI is InChI=1S/C24H20N4O4S/c1-2-32-20-10-11-21-22(14-20)33-24(26-21)27(16-18-4-3-13-25-15-18)23(29)12-7-17-5-8-19(9-6-17)28(30)31/h3-15H,2,16H2,1H3/b12-7-. The number of carbonyl (C=O) groups is 1. The Morgan fingerprint density at radius 2 is 2.03 bits per heavy atom. The number of nitro groups is 1. The molecule has 0 atom stereocenters. The summed E-state index contributed by atoms with van der Waals surface area (Å²) in [5, 5.41) is 11.4. The van der Waals surface area contributed by atoms with Crippen LogP contribution in [0.4, 0.5) is 10.8 Å². The summed E-state index contributed by atoms with van der Waals surface area (Å²) in [5.74, 6) is 0.490. The third-order valence-corrected chi connectivity index (χ3v) is 5.78. The lowest BCUT2D eigenvalue weighted by atomic mass is 10.2. The number of hydrogen-bond acceptors (Lipinski definition) is 7. The Balaban J connectivity index is 1.63. The van der Waals surface area contributed by atoms with Gasteiger partial charge in [-0.1, -0.05) is 17.4 Å². The number of aromatic nitrogens is 2. The van der Waals surface area contributed by atoms with E-state index in [0.29, 0.717) is 23.8 Å². The van der Waals surface area contributed by atoms with Gasteiger partial charge < -0.3 is 4.74 Å². The molecule has 0 aliphatic carbocycles. The van der Waals surface area contributed by atoms with E-state index >= 15 is 0 Å². The van der Waals surface area contributed by atoms with Crippen LogP contribution >= 0.6 is 11.3 Å². The van der Waals surface area contributed by atoms with Gasteiger partial charge in [-0.05, 0) is 60.5 Å². The average molecular weight is 461 g/mol. The first kappa shape index (κ1) is 22.1. The van der Waals surface area contributed by atoms with Crippen molar-refractivity contribution < 1.29 is 14.5 Å². The molecule has 0 saturated heterocycles. The SMILES string of the molecule is CCOc1ccc2nc(N(Cc3cccnc3)C(=O)/C=C\c3ccc([N+](=O)[O-])cc3)sc2c1. The van der Waals surface area contributed by atoms with Crippen molar-refractivity contribution in [2.75, 3.05) is 11.5 Å². The predicted molar refractivity (Wildman–Crippen MR) is 128 cm³/mol. The topological polar surface area (TPSA) is 98.5 Å². The largest absolute Gasteiger partial charge is 0.494 e. The van der Waals surface area contributed by atoms with Crippen molar-refractivity contribution >= 4 is 44.4 Å². The second-order valence-electron chi connectivity index (χ2n) is 7.03. The van der Waals surface area contributed by atoms with Gasteiger partial charge >= 0.3 is 0 Å². The first-order valence-electron chi connectivity index (χ1n) is 10.2. The van der Waals surface area contributed by atoms with Crippen LogP contribution in [-0.4, -0.2) is 27.4 Å². The number of nitrogens with zero attached hydrogens (tertiary/aromatic N) is 4. The molecule has 0 aliphatic heterocycles. The fourth-order valence-corrected chi connectivity index (χ4v) is 4.14. The summed E-state index contributed by atoms with van der Waals surface area (Å²) in [6.45, 7) is 2.79. The second-order valence-corrected chi connectivity index (χ2v) is 8.04. The molecule has 8 nitrogen and oxygen atoms in total. The van der Waals surface area contributed by atoms with Crippen LogP contribution in [0.1, 0.15) is 18.1 Å². The maximum atomic E-state index is 13.2. The molecule has 2 aromatic carbocycles. The zero-order valence-corrected chi connectivity index (χ0v) is 18.6. The minimum Gasteiger partial charge on any atom is -0.494 e. The molecule has 0 saturated carbocycles. The first-order chi connectivity index (χ1) is 16.0. The van der Waals surface area contributed by atoms with Gasteiger partial charge in [-0.25, -0.2) is 4.98 Å². The molecular weight excluding hydrogens is 440 g/mol. The molecular formula is C24H20N4O4S. The lowest BCUT2D eigenvalue weighted by Gasteiger charge is -2.18. The molecule has 4 rings (SSSR count). The van der Waals surface area contributed by atoms with Gasteiger partial charge in [0.2, 0.25) is 0 Å². The smallest absolute Gasteiger partial charge is 0.269 e. The van der Waals surface area contributed by atoms with Gasteiger partial charge in [0.25, 0.3) is 11.6 Å². The Morgan fingerprint density at radius 1 is 1.21 bits per heavy atom. The highest BCUT2D eigenvalue weighted by atomic mass is 32.1. The molecule has 0 unspecified atom stereocenters. The van der Waals surface area contributed by atoms with Crippen molar-refractivity contribution in [2.24, 2.45) is 0 Å². The van der Waals surface area contributed by atoms with Crippen LogP contribution < -0.4 is 9.64 Å². The van der Waals surface area contributed by atoms with Gasteiger partial charge in [0.05, 0.1) is 28.3 Å². The second kappa shape index (κ2) is 10.0. The number of benzene rings is 2. The van der Waals surface area contributed by atoms with Gasteiger partial charge in [0.1, 0.15) is 5.75 Å². The number of rotatable bonds is 8. The van der Waals surface area contributed by atoms with Crippen LogP contribution in [0.25, 0.3) is 16.3 Å². The van der Waals surface area contributed by atoms with Crippen LogP contribution in [0, 0.1) is 10.1 Å². The third kappa shape index (κ3) is 5.39. The summed E-state index contributed by atoms with van der Waals surface area (Å²) < 4.78 is 6.49. The van der Waals surface area contributed by atoms with E-state index < -0.39 is 4.92 Å². The fourth-order valence-electron chi connectivity index (χ4n) is 3.14. The first-order valence-corrected chi connectivity index (χ1v) is 11.0. The van der Waals surface area contributed by atoms with E-state index in [4.69, 9.17) is 4.74 Å². The van der Waals surface area contributed by atoms with E-state index in [1.165, 1.54) is 29.5 Å². The van der Waals surface area contributed by atoms with Gasteiger partial charge in [-0.2, -0.15) is 0 Å². The number of carbonyl (C=O) groups excluding carboxylic acids is 1. The van der Waals surface area contributed by atoms with E-state index in [1.54, 1.807) is 35.5 Å². The number of fused-ring (bicyclic) bond motifs is 1. The van der Waals surface area contributed by atoms with Crippen molar-refractivity contribution in [2.45, 2.75) is 13.5 Å². The van der Waals surface area contributed by atoms with Crippen molar-refractivity contribution in [3.63, 3.8) is 0 Å². The molecule has 0 N–H and O–H groups in total. The number of hydrogen-bond donors (Lipinski definition) is 0. The molecule has 0 spiro atoms. The molecule has 0 aliphatic rings. The normalized spacial score (nSPS) is 11.1. The predicted octanol–water partition coefficient (Wildman–Crippen LogP) is 5.24. The molecule has 166 valence electrons. The summed E-state index contributed by atoms with van der Waals surface area (Å²) >= 11 is 1.40. The maximum absolute atomic E-state index is 13.2. The van der Waals surface area contributed by atoms with Gasteiger partial charge in [0.15, 0.2) is 5.13 Å². The minimum absolute atomic E-state index is 0.00224. The molecule has 4 aromatic rings. The summed E-state index contributed by atoms with van der Waals surface area (Å²) in [5.41, 5.74) is 2.32. The van der Waals surface area contributed by atoms with E-state index in [0.717, 1.165) is 21.5 Å². The molecule has 0 fully saturated rings. The van der Waals surface area contributed by atoms with E-state index in [-0.39, 0.29) is 11.6 Å². The Kier molecular flexibility index (Phi) is 6.70. The van der Waals surface area contributed by atoms with E-state index in [9.17, 15) is 14.9 Å². The number of ether oxygens (including phenoxy) is 1. The fraction of sp³-hybridized carbons (Fsp3) is 0.125. The van der Waals surface area contributed by atoms with Crippen molar-refractivity contribution in [3.05, 3.63) is 94.3 Å². The molecule has 2 heterocycles. The zero-order chi connectivity index (χ0) is 23.2. The summed E-state index contributed by atoms with van der Waals surface area (Å²) in [4.78, 5) is 34.0. The Bertz CT molecular complexity index is 1300. The number of anilines is 1. The maximum Gasteiger partial charge on any atom is 0.269 e. The number of amides is 1. The zero-order valence-electron chi connectivity index (χ0n) is 17.7. The summed E-state index contributed by atoms with van der Waals surface area (Å²) in [7, 11) is 0. The number of pyridine rings is 1. The van der Waals surface area contributed by atoms with Crippen LogP contribution in [0.15, 0.2) is 73.1 Å². The minimum atomic E-state index is -0.460. The van der Waals surface area contributed by atoms with Gasteiger partial charge in [-0.3, -0.25) is 24.8 Å². The van der Waals surface area contributed by atoms with Crippen LogP contribution in [0.2, 0.25) is 0 Å². The molecule has 1 amide bonds. The van der Waals surface area contributed by atoms with Crippen LogP contribution in [0.5, 0.6) is 5.75 Å². The van der Waals surface area contributed by atoms with Gasteiger partial charge in [0, 0.05) is 30.6 Å². The molecule has 9 heteroatoms.